The topological polar surface area (TPSA) is 110 Å². The van der Waals surface area contributed by atoms with Gasteiger partial charge in [0.25, 0.3) is 5.69 Å². The number of thioether (sulfide) groups is 1. The van der Waals surface area contributed by atoms with Crippen molar-refractivity contribution in [3.05, 3.63) is 64.2 Å². The molecule has 1 heterocycles. The maximum Gasteiger partial charge on any atom is 0.292 e. The van der Waals surface area contributed by atoms with Crippen LogP contribution in [0.5, 0.6) is 0 Å². The summed E-state index contributed by atoms with van der Waals surface area (Å²) in [6.45, 7) is 3.73. The second kappa shape index (κ2) is 8.81. The van der Waals surface area contributed by atoms with E-state index in [0.717, 1.165) is 11.3 Å². The van der Waals surface area contributed by atoms with Gasteiger partial charge in [-0.2, -0.15) is 0 Å². The summed E-state index contributed by atoms with van der Waals surface area (Å²) in [6.07, 6.45) is 0. The molecule has 2 aromatic carbocycles. The lowest BCUT2D eigenvalue weighted by atomic mass is 10.2. The number of nitrogens with one attached hydrogen (secondary N) is 2. The number of carbonyl (C=O) groups is 1. The Morgan fingerprint density at radius 1 is 1.18 bits per heavy atom. The van der Waals surface area contributed by atoms with Crippen LogP contribution in [0.1, 0.15) is 12.5 Å². The van der Waals surface area contributed by atoms with Crippen LogP contribution in [-0.2, 0) is 4.79 Å². The number of hydrogen-bond donors (Lipinski definition) is 2. The minimum absolute atomic E-state index is 0.145. The standard InChI is InChI=1S/C18H17N5O3S2/c1-11-7-9-13(10-8-11)19-17-21-22-18(28-17)27-12(2)16(24)20-14-5-3-4-6-15(14)23(25)26/h3-10,12H,1-2H3,(H,19,21)(H,20,24)/t12-/m1/s1. The Hall–Kier alpha value is -2.98. The van der Waals surface area contributed by atoms with Gasteiger partial charge >= 0.3 is 0 Å². The Labute approximate surface area is 169 Å². The number of nitro groups is 1. The van der Waals surface area contributed by atoms with Gasteiger partial charge in [0.15, 0.2) is 4.34 Å². The molecule has 0 aliphatic rings. The summed E-state index contributed by atoms with van der Waals surface area (Å²) in [5, 5.41) is 25.1. The van der Waals surface area contributed by atoms with E-state index >= 15 is 0 Å². The normalized spacial score (nSPS) is 11.6. The van der Waals surface area contributed by atoms with Crippen molar-refractivity contribution < 1.29 is 9.72 Å². The molecule has 3 aromatic rings. The van der Waals surface area contributed by atoms with E-state index in [0.29, 0.717) is 9.47 Å². The Morgan fingerprint density at radius 3 is 2.61 bits per heavy atom. The van der Waals surface area contributed by atoms with E-state index < -0.39 is 10.2 Å². The van der Waals surface area contributed by atoms with Crippen LogP contribution >= 0.6 is 23.1 Å². The van der Waals surface area contributed by atoms with E-state index in [1.54, 1.807) is 19.1 Å². The highest BCUT2D eigenvalue weighted by Gasteiger charge is 2.21. The fraction of sp³-hybridized carbons (Fsp3) is 0.167. The Morgan fingerprint density at radius 2 is 1.89 bits per heavy atom. The summed E-state index contributed by atoms with van der Waals surface area (Å²) < 4.78 is 0.625. The van der Waals surface area contributed by atoms with Gasteiger partial charge in [-0.25, -0.2) is 0 Å². The summed E-state index contributed by atoms with van der Waals surface area (Å²) in [6, 6.07) is 13.9. The van der Waals surface area contributed by atoms with Gasteiger partial charge in [0.2, 0.25) is 11.0 Å². The molecule has 2 N–H and O–H groups in total. The lowest BCUT2D eigenvalue weighted by Crippen LogP contribution is -2.22. The predicted molar refractivity (Wildman–Crippen MR) is 111 cm³/mol. The van der Waals surface area contributed by atoms with Gasteiger partial charge in [0.1, 0.15) is 5.69 Å². The summed E-state index contributed by atoms with van der Waals surface area (Å²) in [7, 11) is 0. The van der Waals surface area contributed by atoms with E-state index in [2.05, 4.69) is 20.8 Å². The van der Waals surface area contributed by atoms with E-state index in [-0.39, 0.29) is 17.3 Å². The number of rotatable bonds is 7. The van der Waals surface area contributed by atoms with E-state index in [4.69, 9.17) is 0 Å². The van der Waals surface area contributed by atoms with Gasteiger partial charge in [-0.3, -0.25) is 14.9 Å². The predicted octanol–water partition coefficient (Wildman–Crippen LogP) is 4.62. The molecule has 3 rings (SSSR count). The second-order valence-corrected chi connectivity index (χ2v) is 8.45. The van der Waals surface area contributed by atoms with E-state index in [1.807, 2.05) is 31.2 Å². The average Bonchev–Trinajstić information content (AvgIpc) is 3.10. The number of anilines is 3. The molecule has 28 heavy (non-hydrogen) atoms. The number of carbonyl (C=O) groups excluding carboxylic acids is 1. The highest BCUT2D eigenvalue weighted by Crippen LogP contribution is 2.31. The molecule has 0 unspecified atom stereocenters. The number of amides is 1. The number of nitrogens with zero attached hydrogens (tertiary/aromatic N) is 3. The molecular weight excluding hydrogens is 398 g/mol. The van der Waals surface area contributed by atoms with Crippen molar-refractivity contribution in [1.82, 2.24) is 10.2 Å². The lowest BCUT2D eigenvalue weighted by molar-refractivity contribution is -0.383. The third-order valence-electron chi connectivity index (χ3n) is 3.71. The van der Waals surface area contributed by atoms with Crippen LogP contribution in [0.25, 0.3) is 0 Å². The van der Waals surface area contributed by atoms with Crippen molar-refractivity contribution in [3.63, 3.8) is 0 Å². The van der Waals surface area contributed by atoms with Crippen molar-refractivity contribution in [2.24, 2.45) is 0 Å². The first-order valence-corrected chi connectivity index (χ1v) is 10.00. The molecule has 0 spiro atoms. The lowest BCUT2D eigenvalue weighted by Gasteiger charge is -2.10. The first-order valence-electron chi connectivity index (χ1n) is 8.30. The molecular formula is C18H17N5O3S2. The number of nitro benzene ring substituents is 1. The van der Waals surface area contributed by atoms with Crippen molar-refractivity contribution in [1.29, 1.82) is 0 Å². The summed E-state index contributed by atoms with van der Waals surface area (Å²) in [5.41, 5.74) is 2.09. The average molecular weight is 416 g/mol. The highest BCUT2D eigenvalue weighted by atomic mass is 32.2. The molecule has 0 aliphatic heterocycles. The molecule has 1 atom stereocenters. The number of benzene rings is 2. The van der Waals surface area contributed by atoms with Crippen LogP contribution in [0.2, 0.25) is 0 Å². The summed E-state index contributed by atoms with van der Waals surface area (Å²) in [4.78, 5) is 22.9. The van der Waals surface area contributed by atoms with E-state index in [1.165, 1.54) is 35.2 Å². The Bertz CT molecular complexity index is 991. The molecule has 1 amide bonds. The minimum atomic E-state index is -0.527. The third kappa shape index (κ3) is 5.05. The van der Waals surface area contributed by atoms with Gasteiger partial charge < -0.3 is 10.6 Å². The van der Waals surface area contributed by atoms with Crippen molar-refractivity contribution in [2.45, 2.75) is 23.4 Å². The van der Waals surface area contributed by atoms with Gasteiger partial charge in [0, 0.05) is 11.8 Å². The number of para-hydroxylation sites is 2. The first-order chi connectivity index (χ1) is 13.4. The van der Waals surface area contributed by atoms with Crippen LogP contribution in [-0.4, -0.2) is 26.3 Å². The van der Waals surface area contributed by atoms with Crippen LogP contribution in [0.4, 0.5) is 22.2 Å². The third-order valence-corrected chi connectivity index (χ3v) is 5.74. The quantitative estimate of drug-likeness (QED) is 0.329. The molecule has 10 heteroatoms. The summed E-state index contributed by atoms with van der Waals surface area (Å²) in [5.74, 6) is -0.345. The van der Waals surface area contributed by atoms with Crippen LogP contribution in [0, 0.1) is 17.0 Å². The van der Waals surface area contributed by atoms with Gasteiger partial charge in [-0.05, 0) is 32.0 Å². The summed E-state index contributed by atoms with van der Waals surface area (Å²) >= 11 is 2.58. The minimum Gasteiger partial charge on any atom is -0.330 e. The van der Waals surface area contributed by atoms with Crippen molar-refractivity contribution in [3.8, 4) is 0 Å². The van der Waals surface area contributed by atoms with Gasteiger partial charge in [-0.1, -0.05) is 52.9 Å². The Balaban J connectivity index is 1.61. The highest BCUT2D eigenvalue weighted by molar-refractivity contribution is 8.02. The molecule has 1 aromatic heterocycles. The van der Waals surface area contributed by atoms with Crippen molar-refractivity contribution >= 4 is 51.2 Å². The monoisotopic (exact) mass is 415 g/mol. The van der Waals surface area contributed by atoms with Gasteiger partial charge in [0.05, 0.1) is 10.2 Å². The second-order valence-electron chi connectivity index (χ2n) is 5.89. The zero-order valence-corrected chi connectivity index (χ0v) is 16.7. The zero-order chi connectivity index (χ0) is 20.1. The number of hydrogen-bond acceptors (Lipinski definition) is 8. The van der Waals surface area contributed by atoms with Crippen LogP contribution in [0.15, 0.2) is 52.9 Å². The number of aryl methyl sites for hydroxylation is 1. The van der Waals surface area contributed by atoms with Crippen LogP contribution in [0.3, 0.4) is 0 Å². The number of aromatic nitrogens is 2. The zero-order valence-electron chi connectivity index (χ0n) is 15.1. The molecule has 144 valence electrons. The van der Waals surface area contributed by atoms with Gasteiger partial charge in [-0.15, -0.1) is 10.2 Å². The molecule has 0 bridgehead atoms. The maximum atomic E-state index is 12.4. The van der Waals surface area contributed by atoms with E-state index in [9.17, 15) is 14.9 Å². The molecule has 0 radical (unpaired) electrons. The molecule has 0 saturated heterocycles. The maximum absolute atomic E-state index is 12.4. The molecule has 0 aliphatic carbocycles. The SMILES string of the molecule is Cc1ccc(Nc2nnc(S[C@H](C)C(=O)Nc3ccccc3[N+](=O)[O-])s2)cc1. The molecule has 0 saturated carbocycles. The first kappa shape index (κ1) is 19.8. The smallest absolute Gasteiger partial charge is 0.292 e. The largest absolute Gasteiger partial charge is 0.330 e. The fourth-order valence-electron chi connectivity index (χ4n) is 2.25. The fourth-order valence-corrected chi connectivity index (χ4v) is 4.16. The van der Waals surface area contributed by atoms with Crippen molar-refractivity contribution in [2.75, 3.05) is 10.6 Å². The molecule has 8 nitrogen and oxygen atoms in total. The van der Waals surface area contributed by atoms with Crippen LogP contribution < -0.4 is 10.6 Å². The molecule has 0 fully saturated rings. The Kier molecular flexibility index (Phi) is 6.22.